The predicted molar refractivity (Wildman–Crippen MR) is 67.1 cm³/mol. The van der Waals surface area contributed by atoms with Gasteiger partial charge >= 0.3 is 11.9 Å². The molecule has 0 heterocycles. The number of anilines is 1. The van der Waals surface area contributed by atoms with Crippen molar-refractivity contribution in [2.45, 2.75) is 19.8 Å². The molecular formula is C13H17NO4. The number of nitrogen functional groups attached to an aromatic ring is 1. The first-order valence-electron chi connectivity index (χ1n) is 5.70. The fraction of sp³-hybridized carbons (Fsp3) is 0.385. The molecule has 0 atom stereocenters. The molecule has 0 radical (unpaired) electrons. The van der Waals surface area contributed by atoms with Crippen LogP contribution in [0.25, 0.3) is 0 Å². The molecule has 0 bridgehead atoms. The highest BCUT2D eigenvalue weighted by Gasteiger charge is 2.12. The SMILES string of the molecule is CCOC(=O)c1cc(CCC(=O)OC)ccc1N. The third kappa shape index (κ3) is 3.76. The number of hydrogen-bond acceptors (Lipinski definition) is 5. The van der Waals surface area contributed by atoms with E-state index in [2.05, 4.69) is 4.74 Å². The van der Waals surface area contributed by atoms with Gasteiger partial charge in [0.1, 0.15) is 0 Å². The Morgan fingerprint density at radius 3 is 2.67 bits per heavy atom. The van der Waals surface area contributed by atoms with E-state index in [1.165, 1.54) is 7.11 Å². The van der Waals surface area contributed by atoms with Gasteiger partial charge in [-0.2, -0.15) is 0 Å². The number of carbonyl (C=O) groups excluding carboxylic acids is 2. The van der Waals surface area contributed by atoms with Gasteiger partial charge in [0.2, 0.25) is 0 Å². The summed E-state index contributed by atoms with van der Waals surface area (Å²) < 4.78 is 9.46. The van der Waals surface area contributed by atoms with Crippen LogP contribution in [0.5, 0.6) is 0 Å². The lowest BCUT2D eigenvalue weighted by Gasteiger charge is -2.07. The fourth-order valence-electron chi connectivity index (χ4n) is 1.49. The van der Waals surface area contributed by atoms with E-state index in [0.29, 0.717) is 24.3 Å². The van der Waals surface area contributed by atoms with Crippen LogP contribution in [0, 0.1) is 0 Å². The van der Waals surface area contributed by atoms with Gasteiger partial charge in [0.25, 0.3) is 0 Å². The zero-order valence-corrected chi connectivity index (χ0v) is 10.6. The standard InChI is InChI=1S/C13H17NO4/c1-3-18-13(16)10-8-9(4-6-11(10)14)5-7-12(15)17-2/h4,6,8H,3,5,7,14H2,1-2H3. The Balaban J connectivity index is 2.80. The van der Waals surface area contributed by atoms with Gasteiger partial charge < -0.3 is 15.2 Å². The summed E-state index contributed by atoms with van der Waals surface area (Å²) in [7, 11) is 1.34. The van der Waals surface area contributed by atoms with Crippen molar-refractivity contribution in [1.82, 2.24) is 0 Å². The lowest BCUT2D eigenvalue weighted by atomic mass is 10.0. The molecule has 0 aromatic heterocycles. The summed E-state index contributed by atoms with van der Waals surface area (Å²) in [6, 6.07) is 5.07. The number of hydrogen-bond donors (Lipinski definition) is 1. The van der Waals surface area contributed by atoms with Crippen LogP contribution >= 0.6 is 0 Å². The third-order valence-electron chi connectivity index (χ3n) is 2.46. The maximum atomic E-state index is 11.6. The van der Waals surface area contributed by atoms with Crippen molar-refractivity contribution in [1.29, 1.82) is 0 Å². The number of carbonyl (C=O) groups is 2. The zero-order chi connectivity index (χ0) is 13.5. The van der Waals surface area contributed by atoms with Gasteiger partial charge in [0, 0.05) is 12.1 Å². The minimum atomic E-state index is -0.449. The van der Waals surface area contributed by atoms with Gasteiger partial charge in [-0.1, -0.05) is 6.07 Å². The monoisotopic (exact) mass is 251 g/mol. The van der Waals surface area contributed by atoms with Crippen LogP contribution in [-0.4, -0.2) is 25.7 Å². The van der Waals surface area contributed by atoms with E-state index in [-0.39, 0.29) is 12.4 Å². The molecule has 0 saturated heterocycles. The first kappa shape index (κ1) is 14.0. The molecule has 2 N–H and O–H groups in total. The summed E-state index contributed by atoms with van der Waals surface area (Å²) >= 11 is 0. The van der Waals surface area contributed by atoms with Crippen LogP contribution < -0.4 is 5.73 Å². The Kier molecular flexibility index (Phi) is 5.17. The van der Waals surface area contributed by atoms with Crippen molar-refractivity contribution < 1.29 is 19.1 Å². The molecule has 98 valence electrons. The largest absolute Gasteiger partial charge is 0.469 e. The van der Waals surface area contributed by atoms with E-state index in [9.17, 15) is 9.59 Å². The average Bonchev–Trinajstić information content (AvgIpc) is 2.37. The van der Waals surface area contributed by atoms with Crippen LogP contribution in [0.4, 0.5) is 5.69 Å². The Hall–Kier alpha value is -2.04. The number of rotatable bonds is 5. The average molecular weight is 251 g/mol. The first-order chi connectivity index (χ1) is 8.58. The van der Waals surface area contributed by atoms with Crippen LogP contribution in [0.2, 0.25) is 0 Å². The van der Waals surface area contributed by atoms with Crippen molar-refractivity contribution >= 4 is 17.6 Å². The van der Waals surface area contributed by atoms with Crippen molar-refractivity contribution in [3.63, 3.8) is 0 Å². The minimum absolute atomic E-state index is 0.267. The Labute approximate surface area is 106 Å². The van der Waals surface area contributed by atoms with E-state index in [0.717, 1.165) is 5.56 Å². The second-order valence-electron chi connectivity index (χ2n) is 3.72. The fourth-order valence-corrected chi connectivity index (χ4v) is 1.49. The maximum Gasteiger partial charge on any atom is 0.340 e. The smallest absolute Gasteiger partial charge is 0.340 e. The van der Waals surface area contributed by atoms with E-state index < -0.39 is 5.97 Å². The summed E-state index contributed by atoms with van der Waals surface area (Å²) in [6.07, 6.45) is 0.766. The van der Waals surface area contributed by atoms with Crippen LogP contribution in [-0.2, 0) is 20.7 Å². The van der Waals surface area contributed by atoms with Crippen LogP contribution in [0.1, 0.15) is 29.3 Å². The molecule has 1 rings (SSSR count). The Bertz CT molecular complexity index is 443. The molecule has 5 nitrogen and oxygen atoms in total. The lowest BCUT2D eigenvalue weighted by Crippen LogP contribution is -2.09. The van der Waals surface area contributed by atoms with Crippen molar-refractivity contribution in [3.05, 3.63) is 29.3 Å². The number of nitrogens with two attached hydrogens (primary N) is 1. The van der Waals surface area contributed by atoms with Crippen molar-refractivity contribution in [3.8, 4) is 0 Å². The van der Waals surface area contributed by atoms with Gasteiger partial charge in [0.15, 0.2) is 0 Å². The van der Waals surface area contributed by atoms with Gasteiger partial charge in [-0.05, 0) is 31.0 Å². The lowest BCUT2D eigenvalue weighted by molar-refractivity contribution is -0.140. The molecule has 0 aliphatic carbocycles. The predicted octanol–water partition coefficient (Wildman–Crippen LogP) is 1.55. The van der Waals surface area contributed by atoms with Gasteiger partial charge in [-0.15, -0.1) is 0 Å². The first-order valence-corrected chi connectivity index (χ1v) is 5.70. The summed E-state index contributed by atoms with van der Waals surface area (Å²) in [5, 5.41) is 0. The highest BCUT2D eigenvalue weighted by molar-refractivity contribution is 5.95. The van der Waals surface area contributed by atoms with Crippen molar-refractivity contribution in [2.75, 3.05) is 19.5 Å². The summed E-state index contributed by atoms with van der Waals surface area (Å²) in [4.78, 5) is 22.7. The molecule has 5 heteroatoms. The quantitative estimate of drug-likeness (QED) is 0.634. The van der Waals surface area contributed by atoms with Crippen LogP contribution in [0.15, 0.2) is 18.2 Å². The van der Waals surface area contributed by atoms with Crippen molar-refractivity contribution in [2.24, 2.45) is 0 Å². The molecule has 0 amide bonds. The van der Waals surface area contributed by atoms with Gasteiger partial charge in [-0.25, -0.2) is 4.79 Å². The van der Waals surface area contributed by atoms with E-state index in [4.69, 9.17) is 10.5 Å². The molecule has 0 aliphatic rings. The molecule has 0 aliphatic heterocycles. The van der Waals surface area contributed by atoms with Gasteiger partial charge in [-0.3, -0.25) is 4.79 Å². The Morgan fingerprint density at radius 1 is 1.33 bits per heavy atom. The molecular weight excluding hydrogens is 234 g/mol. The highest BCUT2D eigenvalue weighted by atomic mass is 16.5. The second-order valence-corrected chi connectivity index (χ2v) is 3.72. The number of esters is 2. The Morgan fingerprint density at radius 2 is 2.06 bits per heavy atom. The molecule has 1 aromatic carbocycles. The van der Waals surface area contributed by atoms with Crippen LogP contribution in [0.3, 0.4) is 0 Å². The molecule has 0 spiro atoms. The molecule has 0 fully saturated rings. The normalized spacial score (nSPS) is 9.89. The summed E-state index contributed by atoms with van der Waals surface area (Å²) in [5.74, 6) is -0.737. The summed E-state index contributed by atoms with van der Waals surface area (Å²) in [5.41, 5.74) is 7.26. The van der Waals surface area contributed by atoms with Gasteiger partial charge in [0.05, 0.1) is 19.3 Å². The molecule has 0 saturated carbocycles. The third-order valence-corrected chi connectivity index (χ3v) is 2.46. The molecule has 0 unspecified atom stereocenters. The number of methoxy groups -OCH3 is 1. The molecule has 1 aromatic rings. The second kappa shape index (κ2) is 6.64. The van der Waals surface area contributed by atoms with E-state index >= 15 is 0 Å². The maximum absolute atomic E-state index is 11.6. The summed E-state index contributed by atoms with van der Waals surface area (Å²) in [6.45, 7) is 2.03. The number of benzene rings is 1. The number of ether oxygens (including phenoxy) is 2. The zero-order valence-electron chi connectivity index (χ0n) is 10.6. The van der Waals surface area contributed by atoms with E-state index in [1.807, 2.05) is 0 Å². The highest BCUT2D eigenvalue weighted by Crippen LogP contribution is 2.16. The van der Waals surface area contributed by atoms with E-state index in [1.54, 1.807) is 25.1 Å². The molecule has 18 heavy (non-hydrogen) atoms. The minimum Gasteiger partial charge on any atom is -0.469 e. The topological polar surface area (TPSA) is 78.6 Å². The number of aryl methyl sites for hydroxylation is 1.